The summed E-state index contributed by atoms with van der Waals surface area (Å²) < 4.78 is 23.5. The van der Waals surface area contributed by atoms with E-state index in [1.165, 1.54) is 32.3 Å². The molecule has 38 heavy (non-hydrogen) atoms. The molecule has 1 aliphatic heterocycles. The van der Waals surface area contributed by atoms with Crippen LogP contribution < -0.4 is 4.74 Å². The van der Waals surface area contributed by atoms with Gasteiger partial charge in [0.25, 0.3) is 0 Å². The lowest BCUT2D eigenvalue weighted by Gasteiger charge is -2.56. The van der Waals surface area contributed by atoms with Gasteiger partial charge < -0.3 is 18.9 Å². The number of benzene rings is 1. The highest BCUT2D eigenvalue weighted by molar-refractivity contribution is 6.32. The fourth-order valence-corrected chi connectivity index (χ4v) is 8.28. The Morgan fingerprint density at radius 2 is 1.71 bits per heavy atom. The molecule has 4 saturated carbocycles. The van der Waals surface area contributed by atoms with Crippen LogP contribution in [0.5, 0.6) is 5.75 Å². The van der Waals surface area contributed by atoms with Crippen molar-refractivity contribution in [1.29, 1.82) is 0 Å². The Kier molecular flexibility index (Phi) is 7.80. The molecule has 0 spiro atoms. The third-order valence-electron chi connectivity index (χ3n) is 9.30. The van der Waals surface area contributed by atoms with E-state index in [1.54, 1.807) is 5.57 Å². The zero-order valence-corrected chi connectivity index (χ0v) is 24.3. The average Bonchev–Trinajstić information content (AvgIpc) is 2.82. The van der Waals surface area contributed by atoms with Crippen LogP contribution >= 0.6 is 23.2 Å². The number of hydrogen-bond donors (Lipinski definition) is 0. The average molecular weight is 566 g/mol. The predicted molar refractivity (Wildman–Crippen MR) is 146 cm³/mol. The summed E-state index contributed by atoms with van der Waals surface area (Å²) in [5.41, 5.74) is 3.88. The maximum atomic E-state index is 11.9. The van der Waals surface area contributed by atoms with Crippen LogP contribution in [0.2, 0.25) is 5.02 Å². The number of allylic oxidation sites excluding steroid dienone is 2. The van der Waals surface area contributed by atoms with Gasteiger partial charge in [-0.3, -0.25) is 9.59 Å². The second-order valence-corrected chi connectivity index (χ2v) is 13.2. The minimum Gasteiger partial charge on any atom is -0.463 e. The topological polar surface area (TPSA) is 71.1 Å². The number of hydrogen-bond acceptors (Lipinski definition) is 6. The summed E-state index contributed by atoms with van der Waals surface area (Å²) in [5.74, 6) is 1.38. The van der Waals surface area contributed by atoms with E-state index in [1.807, 2.05) is 32.0 Å². The van der Waals surface area contributed by atoms with Gasteiger partial charge in [-0.2, -0.15) is 0 Å². The molecule has 1 saturated heterocycles. The molecule has 4 bridgehead atoms. The molecule has 0 radical (unpaired) electrons. The molecule has 4 aliphatic carbocycles. The summed E-state index contributed by atoms with van der Waals surface area (Å²) in [6.07, 6.45) is 3.79. The van der Waals surface area contributed by atoms with Crippen molar-refractivity contribution in [3.8, 4) is 5.75 Å². The Labute approximate surface area is 235 Å². The van der Waals surface area contributed by atoms with Gasteiger partial charge in [-0.1, -0.05) is 37.1 Å². The van der Waals surface area contributed by atoms with Gasteiger partial charge in [-0.15, -0.1) is 11.6 Å². The monoisotopic (exact) mass is 564 g/mol. The van der Waals surface area contributed by atoms with Crippen molar-refractivity contribution < 1.29 is 28.5 Å². The van der Waals surface area contributed by atoms with Gasteiger partial charge in [0, 0.05) is 24.6 Å². The first-order valence-corrected chi connectivity index (χ1v) is 14.5. The summed E-state index contributed by atoms with van der Waals surface area (Å²) in [6.45, 7) is 9.01. The minimum absolute atomic E-state index is 0.0188. The quantitative estimate of drug-likeness (QED) is 0.279. The Balaban J connectivity index is 1.42. The standard InChI is InChI=1S/C30H38Cl2O6/c1-15-16(2)28(36-19(5)34)29(38-26(15)14-35-18(4)33)37-25-10-21(6-7-24(25)31)17(3)27-22-8-20-9-23(27)13-30(32,11-20)12-22/h6-7,10,15-16,20,22-23,26,28-29H,8-9,11-14H2,1-5H3. The maximum absolute atomic E-state index is 11.9. The third-order valence-corrected chi connectivity index (χ3v) is 10.1. The highest BCUT2D eigenvalue weighted by Gasteiger charge is 2.53. The molecule has 5 aliphatic rings. The smallest absolute Gasteiger partial charge is 0.303 e. The van der Waals surface area contributed by atoms with Gasteiger partial charge in [0.1, 0.15) is 12.4 Å². The van der Waals surface area contributed by atoms with Crippen LogP contribution in [0.15, 0.2) is 23.8 Å². The molecule has 5 fully saturated rings. The van der Waals surface area contributed by atoms with Crippen molar-refractivity contribution in [3.05, 3.63) is 34.4 Å². The van der Waals surface area contributed by atoms with Crippen LogP contribution in [0.3, 0.4) is 0 Å². The Morgan fingerprint density at radius 1 is 1.03 bits per heavy atom. The summed E-state index contributed by atoms with van der Waals surface area (Å²) in [6, 6.07) is 5.85. The highest BCUT2D eigenvalue weighted by Crippen LogP contribution is 2.61. The molecule has 8 heteroatoms. The molecule has 6 nitrogen and oxygen atoms in total. The van der Waals surface area contributed by atoms with Gasteiger partial charge in [0.15, 0.2) is 6.10 Å². The molecule has 0 N–H and O–H groups in total. The number of esters is 2. The Bertz CT molecular complexity index is 1110. The molecular weight excluding hydrogens is 527 g/mol. The van der Waals surface area contributed by atoms with Crippen molar-refractivity contribution in [3.63, 3.8) is 0 Å². The fraction of sp³-hybridized carbons (Fsp3) is 0.667. The van der Waals surface area contributed by atoms with E-state index < -0.39 is 24.5 Å². The number of carbonyl (C=O) groups excluding carboxylic acids is 2. The lowest BCUT2D eigenvalue weighted by Crippen LogP contribution is -2.54. The van der Waals surface area contributed by atoms with E-state index in [2.05, 4.69) is 6.92 Å². The summed E-state index contributed by atoms with van der Waals surface area (Å²) in [5, 5.41) is 0.448. The van der Waals surface area contributed by atoms with Crippen molar-refractivity contribution in [2.24, 2.45) is 29.6 Å². The van der Waals surface area contributed by atoms with E-state index in [0.717, 1.165) is 30.7 Å². The van der Waals surface area contributed by atoms with E-state index in [9.17, 15) is 9.59 Å². The number of rotatable bonds is 6. The molecule has 7 atom stereocenters. The lowest BCUT2D eigenvalue weighted by molar-refractivity contribution is -0.253. The molecular formula is C30H38Cl2O6. The molecule has 1 aromatic rings. The van der Waals surface area contributed by atoms with E-state index in [-0.39, 0.29) is 29.3 Å². The number of carbonyl (C=O) groups is 2. The van der Waals surface area contributed by atoms with Crippen LogP contribution in [0, 0.1) is 29.6 Å². The Morgan fingerprint density at radius 3 is 2.32 bits per heavy atom. The summed E-state index contributed by atoms with van der Waals surface area (Å²) >= 11 is 13.6. The first-order chi connectivity index (χ1) is 17.9. The zero-order chi connectivity index (χ0) is 27.4. The first-order valence-electron chi connectivity index (χ1n) is 13.8. The van der Waals surface area contributed by atoms with Crippen molar-refractivity contribution in [2.75, 3.05) is 6.61 Å². The van der Waals surface area contributed by atoms with Crippen LogP contribution in [-0.4, -0.2) is 41.9 Å². The summed E-state index contributed by atoms with van der Waals surface area (Å²) in [7, 11) is 0. The van der Waals surface area contributed by atoms with Gasteiger partial charge in [0.05, 0.1) is 11.1 Å². The third kappa shape index (κ3) is 5.46. The predicted octanol–water partition coefficient (Wildman–Crippen LogP) is 6.80. The van der Waals surface area contributed by atoms with Crippen LogP contribution in [-0.2, 0) is 23.8 Å². The molecule has 208 valence electrons. The summed E-state index contributed by atoms with van der Waals surface area (Å²) in [4.78, 5) is 23.4. The molecule has 7 unspecified atom stereocenters. The van der Waals surface area contributed by atoms with Crippen LogP contribution in [0.4, 0.5) is 0 Å². The molecule has 1 heterocycles. The number of ether oxygens (including phenoxy) is 4. The van der Waals surface area contributed by atoms with E-state index in [0.29, 0.717) is 22.6 Å². The molecule has 0 aromatic heterocycles. The Hall–Kier alpha value is -1.76. The molecule has 6 rings (SSSR count). The molecule has 0 amide bonds. The SMILES string of the molecule is CC(=O)OCC1OC(Oc2cc(C(C)=C3C4CC5CC3CC(Cl)(C5)C4)ccc2Cl)C(OC(C)=O)C(C)C1C. The normalized spacial score (nSPS) is 37.6. The maximum Gasteiger partial charge on any atom is 0.303 e. The van der Waals surface area contributed by atoms with Crippen LogP contribution in [0.1, 0.15) is 72.3 Å². The van der Waals surface area contributed by atoms with Gasteiger partial charge in [-0.25, -0.2) is 0 Å². The minimum atomic E-state index is -0.899. The van der Waals surface area contributed by atoms with E-state index >= 15 is 0 Å². The van der Waals surface area contributed by atoms with Gasteiger partial charge in [0.2, 0.25) is 6.29 Å². The number of alkyl halides is 1. The van der Waals surface area contributed by atoms with Crippen molar-refractivity contribution >= 4 is 40.7 Å². The van der Waals surface area contributed by atoms with E-state index in [4.69, 9.17) is 42.1 Å². The van der Waals surface area contributed by atoms with Gasteiger partial charge in [-0.05, 0) is 86.0 Å². The first kappa shape index (κ1) is 27.8. The second-order valence-electron chi connectivity index (χ2n) is 12.0. The zero-order valence-electron chi connectivity index (χ0n) is 22.8. The van der Waals surface area contributed by atoms with Crippen LogP contribution in [0.25, 0.3) is 5.57 Å². The van der Waals surface area contributed by atoms with Crippen molar-refractivity contribution in [1.82, 2.24) is 0 Å². The largest absolute Gasteiger partial charge is 0.463 e. The lowest BCUT2D eigenvalue weighted by atomic mass is 9.53. The van der Waals surface area contributed by atoms with Crippen molar-refractivity contribution in [2.45, 2.75) is 90.1 Å². The molecule has 1 aromatic carbocycles. The number of halogens is 2. The second kappa shape index (κ2) is 10.7. The fourth-order valence-electron chi connectivity index (χ4n) is 7.52. The highest BCUT2D eigenvalue weighted by atomic mass is 35.5. The van der Waals surface area contributed by atoms with Gasteiger partial charge >= 0.3 is 11.9 Å².